The first-order valence-corrected chi connectivity index (χ1v) is 7.66. The van der Waals surface area contributed by atoms with Crippen molar-refractivity contribution in [1.82, 2.24) is 4.90 Å². The van der Waals surface area contributed by atoms with Crippen molar-refractivity contribution >= 4 is 0 Å². The molecule has 0 unspecified atom stereocenters. The van der Waals surface area contributed by atoms with Gasteiger partial charge in [0.1, 0.15) is 0 Å². The lowest BCUT2D eigenvalue weighted by molar-refractivity contribution is 0.0672. The van der Waals surface area contributed by atoms with Crippen LogP contribution < -0.4 is 5.73 Å². The molecule has 1 saturated carbocycles. The van der Waals surface area contributed by atoms with Gasteiger partial charge in [-0.05, 0) is 44.2 Å². The van der Waals surface area contributed by atoms with Gasteiger partial charge in [-0.3, -0.25) is 0 Å². The number of likely N-dealkylation sites (N-methyl/N-ethyl adjacent to an activating group) is 1. The third-order valence-electron chi connectivity index (χ3n) is 4.53. The molecule has 0 bridgehead atoms. The highest BCUT2D eigenvalue weighted by atomic mass is 16.5. The van der Waals surface area contributed by atoms with Crippen LogP contribution in [0.25, 0.3) is 0 Å². The van der Waals surface area contributed by atoms with Gasteiger partial charge in [0, 0.05) is 19.7 Å². The van der Waals surface area contributed by atoms with E-state index in [0.717, 1.165) is 45.3 Å². The molecule has 0 amide bonds. The smallest absolute Gasteiger partial charge is 0.0593 e. The van der Waals surface area contributed by atoms with Crippen LogP contribution in [0.4, 0.5) is 0 Å². The van der Waals surface area contributed by atoms with Gasteiger partial charge >= 0.3 is 0 Å². The van der Waals surface area contributed by atoms with Crippen LogP contribution >= 0.6 is 0 Å². The van der Waals surface area contributed by atoms with Crippen LogP contribution in [0.5, 0.6) is 0 Å². The Kier molecular flexibility index (Phi) is 7.20. The lowest BCUT2D eigenvalue weighted by Crippen LogP contribution is -2.45. The van der Waals surface area contributed by atoms with Crippen molar-refractivity contribution < 1.29 is 4.74 Å². The molecule has 0 saturated heterocycles. The summed E-state index contributed by atoms with van der Waals surface area (Å²) in [4.78, 5) is 2.51. The van der Waals surface area contributed by atoms with Gasteiger partial charge in [0.15, 0.2) is 0 Å². The highest BCUT2D eigenvalue weighted by Crippen LogP contribution is 2.38. The molecule has 0 aromatic carbocycles. The molecule has 0 spiro atoms. The molecule has 0 aromatic rings. The molecule has 3 nitrogen and oxygen atoms in total. The van der Waals surface area contributed by atoms with Gasteiger partial charge in [-0.15, -0.1) is 0 Å². The van der Waals surface area contributed by atoms with Crippen LogP contribution in [-0.4, -0.2) is 44.3 Å². The Hall–Kier alpha value is -0.120. The Labute approximate surface area is 113 Å². The van der Waals surface area contributed by atoms with Crippen molar-refractivity contribution in [2.24, 2.45) is 17.1 Å². The van der Waals surface area contributed by atoms with E-state index < -0.39 is 0 Å². The fraction of sp³-hybridized carbons (Fsp3) is 1.00. The van der Waals surface area contributed by atoms with Crippen molar-refractivity contribution in [1.29, 1.82) is 0 Å². The number of nitrogens with two attached hydrogens (primary N) is 1. The summed E-state index contributed by atoms with van der Waals surface area (Å²) < 4.78 is 5.47. The molecule has 3 heteroatoms. The molecule has 108 valence electrons. The summed E-state index contributed by atoms with van der Waals surface area (Å²) >= 11 is 0. The van der Waals surface area contributed by atoms with Gasteiger partial charge in [-0.25, -0.2) is 0 Å². The molecule has 0 heterocycles. The molecule has 18 heavy (non-hydrogen) atoms. The predicted octanol–water partition coefficient (Wildman–Crippen LogP) is 2.50. The molecule has 1 fully saturated rings. The fourth-order valence-corrected chi connectivity index (χ4v) is 2.96. The Balaban J connectivity index is 2.44. The van der Waals surface area contributed by atoms with E-state index in [1.165, 1.54) is 25.7 Å². The maximum atomic E-state index is 6.08. The maximum absolute atomic E-state index is 6.08. The van der Waals surface area contributed by atoms with Gasteiger partial charge in [-0.2, -0.15) is 0 Å². The van der Waals surface area contributed by atoms with Gasteiger partial charge in [0.2, 0.25) is 0 Å². The predicted molar refractivity (Wildman–Crippen MR) is 77.7 cm³/mol. The van der Waals surface area contributed by atoms with E-state index in [1.807, 2.05) is 0 Å². The van der Waals surface area contributed by atoms with Crippen LogP contribution in [0.2, 0.25) is 0 Å². The van der Waals surface area contributed by atoms with Crippen molar-refractivity contribution in [2.75, 3.05) is 39.4 Å². The first kappa shape index (κ1) is 15.9. The van der Waals surface area contributed by atoms with Gasteiger partial charge in [-0.1, -0.05) is 26.7 Å². The summed E-state index contributed by atoms with van der Waals surface area (Å²) in [5, 5.41) is 0. The van der Waals surface area contributed by atoms with Gasteiger partial charge < -0.3 is 15.4 Å². The zero-order chi connectivity index (χ0) is 13.4. The summed E-state index contributed by atoms with van der Waals surface area (Å²) in [6.45, 7) is 12.5. The second kappa shape index (κ2) is 8.13. The number of nitrogens with zero attached hydrogens (tertiary/aromatic N) is 1. The first-order chi connectivity index (χ1) is 8.65. The SMILES string of the molecule is CCOCCN(CC)CC1(CN)CCC(C)CC1. The van der Waals surface area contributed by atoms with Crippen LogP contribution in [0.15, 0.2) is 0 Å². The summed E-state index contributed by atoms with van der Waals surface area (Å²) in [5.41, 5.74) is 6.45. The quantitative estimate of drug-likeness (QED) is 0.678. The van der Waals surface area contributed by atoms with Crippen LogP contribution in [-0.2, 0) is 4.74 Å². The lowest BCUT2D eigenvalue weighted by atomic mass is 9.70. The molecule has 0 aliphatic heterocycles. The topological polar surface area (TPSA) is 38.5 Å². The van der Waals surface area contributed by atoms with E-state index in [-0.39, 0.29) is 0 Å². The Morgan fingerprint density at radius 2 is 1.94 bits per heavy atom. The standard InChI is InChI=1S/C15H32N2O/c1-4-17(10-11-18-5-2)13-15(12-16)8-6-14(3)7-9-15/h14H,4-13,16H2,1-3H3. The largest absolute Gasteiger partial charge is 0.380 e. The second-order valence-corrected chi connectivity index (χ2v) is 5.95. The zero-order valence-electron chi connectivity index (χ0n) is 12.6. The summed E-state index contributed by atoms with van der Waals surface area (Å²) in [5.74, 6) is 0.892. The lowest BCUT2D eigenvalue weighted by Gasteiger charge is -2.42. The third kappa shape index (κ3) is 4.87. The third-order valence-corrected chi connectivity index (χ3v) is 4.53. The normalized spacial score (nSPS) is 28.8. The number of rotatable bonds is 8. The molecular formula is C15H32N2O. The monoisotopic (exact) mass is 256 g/mol. The average molecular weight is 256 g/mol. The highest BCUT2D eigenvalue weighted by Gasteiger charge is 2.34. The van der Waals surface area contributed by atoms with Crippen molar-refractivity contribution in [3.8, 4) is 0 Å². The van der Waals surface area contributed by atoms with Crippen molar-refractivity contribution in [2.45, 2.75) is 46.5 Å². The van der Waals surface area contributed by atoms with Crippen LogP contribution in [0.1, 0.15) is 46.5 Å². The Morgan fingerprint density at radius 1 is 1.28 bits per heavy atom. The van der Waals surface area contributed by atoms with E-state index in [2.05, 4.69) is 25.7 Å². The first-order valence-electron chi connectivity index (χ1n) is 7.66. The van der Waals surface area contributed by atoms with E-state index in [1.54, 1.807) is 0 Å². The highest BCUT2D eigenvalue weighted by molar-refractivity contribution is 4.88. The minimum absolute atomic E-state index is 0.370. The minimum atomic E-state index is 0.370. The summed E-state index contributed by atoms with van der Waals surface area (Å²) in [6, 6.07) is 0. The molecule has 2 N–H and O–H groups in total. The Bertz CT molecular complexity index is 213. The van der Waals surface area contributed by atoms with Gasteiger partial charge in [0.05, 0.1) is 6.61 Å². The zero-order valence-corrected chi connectivity index (χ0v) is 12.6. The maximum Gasteiger partial charge on any atom is 0.0593 e. The molecule has 1 rings (SSSR count). The molecule has 0 radical (unpaired) electrons. The molecular weight excluding hydrogens is 224 g/mol. The number of ether oxygens (including phenoxy) is 1. The average Bonchev–Trinajstić information content (AvgIpc) is 2.40. The van der Waals surface area contributed by atoms with Crippen molar-refractivity contribution in [3.05, 3.63) is 0 Å². The molecule has 0 atom stereocenters. The fourth-order valence-electron chi connectivity index (χ4n) is 2.96. The number of hydrogen-bond acceptors (Lipinski definition) is 3. The number of hydrogen-bond donors (Lipinski definition) is 1. The summed E-state index contributed by atoms with van der Waals surface area (Å²) in [7, 11) is 0. The van der Waals surface area contributed by atoms with Crippen molar-refractivity contribution in [3.63, 3.8) is 0 Å². The van der Waals surface area contributed by atoms with E-state index in [9.17, 15) is 0 Å². The van der Waals surface area contributed by atoms with E-state index >= 15 is 0 Å². The van der Waals surface area contributed by atoms with Crippen LogP contribution in [0.3, 0.4) is 0 Å². The van der Waals surface area contributed by atoms with Gasteiger partial charge in [0.25, 0.3) is 0 Å². The summed E-state index contributed by atoms with van der Waals surface area (Å²) in [6.07, 6.45) is 5.30. The molecule has 1 aliphatic rings. The second-order valence-electron chi connectivity index (χ2n) is 5.95. The Morgan fingerprint density at radius 3 is 2.44 bits per heavy atom. The van der Waals surface area contributed by atoms with E-state index in [0.29, 0.717) is 5.41 Å². The molecule has 0 aromatic heterocycles. The minimum Gasteiger partial charge on any atom is -0.380 e. The van der Waals surface area contributed by atoms with E-state index in [4.69, 9.17) is 10.5 Å². The molecule has 1 aliphatic carbocycles. The van der Waals surface area contributed by atoms with Crippen LogP contribution in [0, 0.1) is 11.3 Å².